The molecule has 0 aliphatic carbocycles. The Morgan fingerprint density at radius 3 is 1.94 bits per heavy atom. The zero-order chi connectivity index (χ0) is 23.2. The van der Waals surface area contributed by atoms with Gasteiger partial charge in [0.1, 0.15) is 10.6 Å². The molecule has 0 fully saturated rings. The molecule has 3 aromatic rings. The van der Waals surface area contributed by atoms with Crippen LogP contribution >= 0.6 is 0 Å². The summed E-state index contributed by atoms with van der Waals surface area (Å²) in [6.45, 7) is 0. The molecule has 9 nitrogen and oxygen atoms in total. The van der Waals surface area contributed by atoms with Gasteiger partial charge in [-0.05, 0) is 47.9 Å². The van der Waals surface area contributed by atoms with Crippen LogP contribution < -0.4 is 0 Å². The molecule has 31 heavy (non-hydrogen) atoms. The molecule has 0 aliphatic rings. The summed E-state index contributed by atoms with van der Waals surface area (Å²) in [5.41, 5.74) is -1.52. The van der Waals surface area contributed by atoms with Gasteiger partial charge in [0.2, 0.25) is 0 Å². The van der Waals surface area contributed by atoms with E-state index in [0.717, 1.165) is 48.5 Å². The molecule has 3 aromatic carbocycles. The first-order valence-corrected chi connectivity index (χ1v) is 10.9. The molecule has 0 aromatic heterocycles. The lowest BCUT2D eigenvalue weighted by Gasteiger charge is -2.09. The summed E-state index contributed by atoms with van der Waals surface area (Å²) in [7, 11) is -9.65. The first-order chi connectivity index (χ1) is 14.2. The van der Waals surface area contributed by atoms with E-state index < -0.39 is 53.2 Å². The predicted molar refractivity (Wildman–Crippen MR) is 101 cm³/mol. The highest BCUT2D eigenvalue weighted by atomic mass is 32.2. The van der Waals surface area contributed by atoms with E-state index in [2.05, 4.69) is 10.2 Å². The zero-order valence-corrected chi connectivity index (χ0v) is 16.6. The van der Waals surface area contributed by atoms with Gasteiger partial charge in [-0.2, -0.15) is 35.1 Å². The minimum absolute atomic E-state index is 0.0204. The molecule has 0 unspecified atom stereocenters. The van der Waals surface area contributed by atoms with Crippen molar-refractivity contribution in [1.29, 1.82) is 0 Å². The average molecular weight is 476 g/mol. The summed E-state index contributed by atoms with van der Waals surface area (Å²) in [4.78, 5) is -1.62. The minimum Gasteiger partial charge on any atom is -0.504 e. The molecule has 0 spiro atoms. The molecule has 14 heteroatoms. The molecule has 0 saturated heterocycles. The van der Waals surface area contributed by atoms with E-state index in [4.69, 9.17) is 4.55 Å². The summed E-state index contributed by atoms with van der Waals surface area (Å²) in [5, 5.41) is 17.4. The Balaban J connectivity index is 2.20. The van der Waals surface area contributed by atoms with Crippen LogP contribution in [0.25, 0.3) is 10.8 Å². The molecule has 0 amide bonds. The van der Waals surface area contributed by atoms with E-state index in [1.807, 2.05) is 0 Å². The van der Waals surface area contributed by atoms with Crippen LogP contribution in [0.2, 0.25) is 0 Å². The number of aromatic hydroxyl groups is 1. The van der Waals surface area contributed by atoms with Crippen molar-refractivity contribution in [2.45, 2.75) is 16.0 Å². The monoisotopic (exact) mass is 476 g/mol. The number of phenols is 1. The molecular weight excluding hydrogens is 465 g/mol. The Morgan fingerprint density at radius 1 is 0.806 bits per heavy atom. The number of hydrogen-bond acceptors (Lipinski definition) is 7. The molecule has 3 rings (SSSR count). The number of phenolic OH excluding ortho intramolecular Hbond substituents is 1. The normalized spacial score (nSPS) is 13.2. The SMILES string of the molecule is O=S(=O)(O)c1ccc2c(N=Nc3ccc(C(F)(F)F)cc3)c(O)c(S(=O)(=O)O)cc2c1. The number of azo groups is 1. The molecule has 0 radical (unpaired) electrons. The van der Waals surface area contributed by atoms with Gasteiger partial charge >= 0.3 is 6.18 Å². The Kier molecular flexibility index (Phi) is 5.52. The van der Waals surface area contributed by atoms with Gasteiger partial charge in [-0.25, -0.2) is 0 Å². The van der Waals surface area contributed by atoms with Crippen LogP contribution in [0.5, 0.6) is 5.75 Å². The number of benzene rings is 3. The fraction of sp³-hybridized carbons (Fsp3) is 0.0588. The maximum atomic E-state index is 12.6. The third-order valence-corrected chi connectivity index (χ3v) is 5.77. The number of alkyl halides is 3. The van der Waals surface area contributed by atoms with Gasteiger partial charge in [-0.3, -0.25) is 9.11 Å². The highest BCUT2D eigenvalue weighted by Crippen LogP contribution is 2.42. The van der Waals surface area contributed by atoms with Crippen LogP contribution in [-0.2, 0) is 26.4 Å². The summed E-state index contributed by atoms with van der Waals surface area (Å²) in [6.07, 6.45) is -4.57. The van der Waals surface area contributed by atoms with Crippen molar-refractivity contribution in [1.82, 2.24) is 0 Å². The maximum absolute atomic E-state index is 12.6. The van der Waals surface area contributed by atoms with E-state index in [1.54, 1.807) is 0 Å². The van der Waals surface area contributed by atoms with Crippen molar-refractivity contribution >= 4 is 42.4 Å². The van der Waals surface area contributed by atoms with Crippen LogP contribution in [-0.4, -0.2) is 31.0 Å². The first-order valence-electron chi connectivity index (χ1n) is 8.01. The van der Waals surface area contributed by atoms with Gasteiger partial charge in [0.25, 0.3) is 20.2 Å². The van der Waals surface area contributed by atoms with Gasteiger partial charge in [-0.1, -0.05) is 6.07 Å². The molecule has 0 bridgehead atoms. The van der Waals surface area contributed by atoms with Crippen molar-refractivity contribution in [3.8, 4) is 5.75 Å². The van der Waals surface area contributed by atoms with Crippen molar-refractivity contribution in [3.05, 3.63) is 54.1 Å². The quantitative estimate of drug-likeness (QED) is 0.371. The smallest absolute Gasteiger partial charge is 0.416 e. The van der Waals surface area contributed by atoms with Crippen LogP contribution in [0.15, 0.2) is 68.6 Å². The Bertz CT molecular complexity index is 1420. The molecule has 0 atom stereocenters. The minimum atomic E-state index is -4.99. The Hall–Kier alpha value is -3.07. The van der Waals surface area contributed by atoms with Gasteiger partial charge in [-0.15, -0.1) is 5.11 Å². The van der Waals surface area contributed by atoms with E-state index in [1.165, 1.54) is 0 Å². The molecule has 0 saturated carbocycles. The van der Waals surface area contributed by atoms with Crippen LogP contribution in [0.1, 0.15) is 5.56 Å². The molecular formula is C17H11F3N2O7S2. The Labute approximate surface area is 173 Å². The summed E-state index contributed by atoms with van der Waals surface area (Å²) >= 11 is 0. The van der Waals surface area contributed by atoms with Gasteiger partial charge < -0.3 is 5.11 Å². The third kappa shape index (κ3) is 4.82. The van der Waals surface area contributed by atoms with Crippen LogP contribution in [0, 0.1) is 0 Å². The summed E-state index contributed by atoms with van der Waals surface area (Å²) < 4.78 is 102. The number of fused-ring (bicyclic) bond motifs is 1. The van der Waals surface area contributed by atoms with Crippen molar-refractivity contribution in [2.24, 2.45) is 10.2 Å². The molecule has 0 heterocycles. The van der Waals surface area contributed by atoms with E-state index in [0.29, 0.717) is 0 Å². The lowest BCUT2D eigenvalue weighted by Crippen LogP contribution is -2.03. The van der Waals surface area contributed by atoms with Crippen LogP contribution in [0.3, 0.4) is 0 Å². The lowest BCUT2D eigenvalue weighted by molar-refractivity contribution is -0.137. The second-order valence-electron chi connectivity index (χ2n) is 6.15. The highest BCUT2D eigenvalue weighted by molar-refractivity contribution is 7.86. The molecule has 164 valence electrons. The summed E-state index contributed by atoms with van der Waals surface area (Å²) in [6, 6.07) is 7.10. The third-order valence-electron chi connectivity index (χ3n) is 4.06. The van der Waals surface area contributed by atoms with E-state index in [9.17, 15) is 39.7 Å². The summed E-state index contributed by atoms with van der Waals surface area (Å²) in [5.74, 6) is -1.02. The largest absolute Gasteiger partial charge is 0.504 e. The lowest BCUT2D eigenvalue weighted by atomic mass is 10.1. The maximum Gasteiger partial charge on any atom is 0.416 e. The number of halogens is 3. The average Bonchev–Trinajstić information content (AvgIpc) is 2.64. The van der Waals surface area contributed by atoms with Crippen molar-refractivity contribution < 1.29 is 44.2 Å². The predicted octanol–water partition coefficient (Wildman–Crippen LogP) is 4.47. The number of hydrogen-bond donors (Lipinski definition) is 3. The Morgan fingerprint density at radius 2 is 1.42 bits per heavy atom. The van der Waals surface area contributed by atoms with Gasteiger partial charge in [0.15, 0.2) is 5.75 Å². The second kappa shape index (κ2) is 7.56. The van der Waals surface area contributed by atoms with E-state index in [-0.39, 0.29) is 16.5 Å². The van der Waals surface area contributed by atoms with Crippen LogP contribution in [0.4, 0.5) is 24.5 Å². The van der Waals surface area contributed by atoms with Gasteiger partial charge in [0.05, 0.1) is 16.1 Å². The number of rotatable bonds is 4. The standard InChI is InChI=1S/C17H11F3N2O7S2/c18-17(19,20)10-1-3-11(4-2-10)21-22-15-13-6-5-12(30(24,25)26)7-9(13)8-14(16(15)23)31(27,28)29/h1-8,23H,(H,24,25,26)(H,27,28,29). The fourth-order valence-electron chi connectivity index (χ4n) is 2.61. The molecule has 0 aliphatic heterocycles. The fourth-order valence-corrected chi connectivity index (χ4v) is 3.75. The first kappa shape index (κ1) is 22.6. The second-order valence-corrected chi connectivity index (χ2v) is 8.96. The number of nitrogens with zero attached hydrogens (tertiary/aromatic N) is 2. The topological polar surface area (TPSA) is 154 Å². The van der Waals surface area contributed by atoms with Crippen molar-refractivity contribution in [3.63, 3.8) is 0 Å². The molecule has 3 N–H and O–H groups in total. The van der Waals surface area contributed by atoms with Gasteiger partial charge in [0, 0.05) is 5.39 Å². The zero-order valence-electron chi connectivity index (χ0n) is 14.9. The van der Waals surface area contributed by atoms with E-state index >= 15 is 0 Å². The highest BCUT2D eigenvalue weighted by Gasteiger charge is 2.30. The van der Waals surface area contributed by atoms with Crippen molar-refractivity contribution in [2.75, 3.05) is 0 Å².